The Kier molecular flexibility index (Phi) is 3.78. The first-order chi connectivity index (χ1) is 14.6. The van der Waals surface area contributed by atoms with E-state index >= 15 is 0 Å². The number of carbonyl (C=O) groups excluding carboxylic acids is 2. The SMILES string of the molecule is CC1(C)O[C@H]2CC(=O)OC[C@@]23[C@H]1CC(=O)[C@@]1(C)C2=CC[C@@H](c4ccoc4)[C@]2(C)CC[C@@H]13. The molecule has 5 heteroatoms. The van der Waals surface area contributed by atoms with Gasteiger partial charge in [0.25, 0.3) is 0 Å². The molecule has 6 rings (SSSR count). The van der Waals surface area contributed by atoms with Crippen molar-refractivity contribution < 1.29 is 23.5 Å². The molecule has 0 N–H and O–H groups in total. The predicted molar refractivity (Wildman–Crippen MR) is 113 cm³/mol. The van der Waals surface area contributed by atoms with Crippen molar-refractivity contribution >= 4 is 11.8 Å². The molecule has 2 aliphatic heterocycles. The van der Waals surface area contributed by atoms with Crippen LogP contribution in [0.5, 0.6) is 0 Å². The van der Waals surface area contributed by atoms with Crippen molar-refractivity contribution in [2.75, 3.05) is 6.61 Å². The summed E-state index contributed by atoms with van der Waals surface area (Å²) in [5, 5.41) is 0. The van der Waals surface area contributed by atoms with Crippen molar-refractivity contribution in [3.05, 3.63) is 35.8 Å². The molecule has 0 amide bonds. The van der Waals surface area contributed by atoms with Gasteiger partial charge in [-0.15, -0.1) is 0 Å². The van der Waals surface area contributed by atoms with E-state index < -0.39 is 11.0 Å². The second kappa shape index (κ2) is 5.92. The van der Waals surface area contributed by atoms with Gasteiger partial charge in [0.2, 0.25) is 0 Å². The van der Waals surface area contributed by atoms with E-state index in [2.05, 4.69) is 39.8 Å². The summed E-state index contributed by atoms with van der Waals surface area (Å²) in [6.07, 6.45) is 9.52. The third-order valence-electron chi connectivity index (χ3n) is 10.1. The Hall–Kier alpha value is -1.88. The van der Waals surface area contributed by atoms with Crippen molar-refractivity contribution in [2.45, 2.75) is 77.4 Å². The molecule has 0 bridgehead atoms. The van der Waals surface area contributed by atoms with Gasteiger partial charge in [0, 0.05) is 17.8 Å². The van der Waals surface area contributed by atoms with E-state index in [1.54, 1.807) is 6.26 Å². The van der Waals surface area contributed by atoms with Crippen LogP contribution in [-0.4, -0.2) is 30.1 Å². The summed E-state index contributed by atoms with van der Waals surface area (Å²) in [6.45, 7) is 9.09. The molecule has 3 heterocycles. The zero-order chi connectivity index (χ0) is 21.8. The molecule has 1 aromatic rings. The largest absolute Gasteiger partial charge is 0.472 e. The summed E-state index contributed by atoms with van der Waals surface area (Å²) >= 11 is 0. The fourth-order valence-electron chi connectivity index (χ4n) is 8.75. The average Bonchev–Trinajstić information content (AvgIpc) is 3.38. The van der Waals surface area contributed by atoms with Crippen molar-refractivity contribution in [3.8, 4) is 0 Å². The summed E-state index contributed by atoms with van der Waals surface area (Å²) in [5.74, 6) is 0.727. The number of hydrogen-bond donors (Lipinski definition) is 0. The molecule has 0 aromatic carbocycles. The van der Waals surface area contributed by atoms with Crippen LogP contribution in [0.3, 0.4) is 0 Å². The standard InChI is InChI=1S/C26H32O5/c1-23(2)19-11-20(27)25(4)17-6-5-16(15-8-10-29-13-15)24(17,3)9-7-18(25)26(19)14-30-22(28)12-21(26)31-23/h6,8,10,13,16,18-19,21H,5,7,9,11-12,14H2,1-4H3/t16-,18-,19-,21-,24-,25-,26+/m0/s1. The minimum Gasteiger partial charge on any atom is -0.472 e. The van der Waals surface area contributed by atoms with E-state index in [-0.39, 0.29) is 34.7 Å². The number of ether oxygens (including phenoxy) is 2. The monoisotopic (exact) mass is 424 g/mol. The number of ketones is 1. The molecule has 5 aliphatic rings. The topological polar surface area (TPSA) is 65.7 Å². The zero-order valence-corrected chi connectivity index (χ0v) is 18.9. The lowest BCUT2D eigenvalue weighted by molar-refractivity contribution is -0.186. The molecule has 166 valence electrons. The summed E-state index contributed by atoms with van der Waals surface area (Å²) in [6, 6.07) is 2.07. The lowest BCUT2D eigenvalue weighted by Gasteiger charge is -2.62. The smallest absolute Gasteiger partial charge is 0.308 e. The second-order valence-electron chi connectivity index (χ2n) is 11.5. The summed E-state index contributed by atoms with van der Waals surface area (Å²) in [5.41, 5.74) is 1.23. The van der Waals surface area contributed by atoms with Gasteiger partial charge in [0.1, 0.15) is 12.4 Å². The molecule has 2 saturated heterocycles. The predicted octanol–water partition coefficient (Wildman–Crippen LogP) is 4.82. The third kappa shape index (κ3) is 2.21. The van der Waals surface area contributed by atoms with E-state index in [1.165, 1.54) is 11.1 Å². The van der Waals surface area contributed by atoms with Gasteiger partial charge in [0.15, 0.2) is 0 Å². The first-order valence-electron chi connectivity index (χ1n) is 11.7. The highest BCUT2D eigenvalue weighted by atomic mass is 16.6. The molecule has 0 radical (unpaired) electrons. The maximum atomic E-state index is 14.0. The van der Waals surface area contributed by atoms with Gasteiger partial charge >= 0.3 is 5.97 Å². The summed E-state index contributed by atoms with van der Waals surface area (Å²) in [4.78, 5) is 26.2. The van der Waals surface area contributed by atoms with Gasteiger partial charge in [-0.3, -0.25) is 9.59 Å². The number of carbonyl (C=O) groups is 2. The molecule has 1 spiro atoms. The number of fused-ring (bicyclic) bond motifs is 3. The molecule has 5 nitrogen and oxygen atoms in total. The molecular weight excluding hydrogens is 392 g/mol. The number of rotatable bonds is 1. The van der Waals surface area contributed by atoms with Crippen LogP contribution in [-0.2, 0) is 19.1 Å². The van der Waals surface area contributed by atoms with Crippen molar-refractivity contribution in [2.24, 2.45) is 28.1 Å². The van der Waals surface area contributed by atoms with E-state index in [0.717, 1.165) is 19.3 Å². The van der Waals surface area contributed by atoms with Gasteiger partial charge in [-0.25, -0.2) is 0 Å². The Bertz CT molecular complexity index is 989. The third-order valence-corrected chi connectivity index (χ3v) is 10.1. The quantitative estimate of drug-likeness (QED) is 0.478. The van der Waals surface area contributed by atoms with Crippen molar-refractivity contribution in [1.82, 2.24) is 0 Å². The lowest BCUT2D eigenvalue weighted by atomic mass is 9.40. The van der Waals surface area contributed by atoms with E-state index in [9.17, 15) is 9.59 Å². The normalized spacial score (nSPS) is 47.7. The number of furan rings is 1. The molecule has 7 atom stereocenters. The number of allylic oxidation sites excluding steroid dienone is 2. The number of Topliss-reactive ketones (excluding diaryl/α,β-unsaturated/α-hetero) is 1. The molecule has 4 fully saturated rings. The number of hydrogen-bond acceptors (Lipinski definition) is 5. The fourth-order valence-corrected chi connectivity index (χ4v) is 8.75. The highest BCUT2D eigenvalue weighted by molar-refractivity contribution is 5.91. The van der Waals surface area contributed by atoms with Crippen LogP contribution < -0.4 is 0 Å². The van der Waals surface area contributed by atoms with Gasteiger partial charge < -0.3 is 13.9 Å². The van der Waals surface area contributed by atoms with Gasteiger partial charge in [-0.2, -0.15) is 0 Å². The van der Waals surface area contributed by atoms with Crippen LogP contribution in [0.15, 0.2) is 34.7 Å². The Morgan fingerprint density at radius 2 is 1.87 bits per heavy atom. The van der Waals surface area contributed by atoms with Crippen molar-refractivity contribution in [3.63, 3.8) is 0 Å². The molecule has 31 heavy (non-hydrogen) atoms. The molecule has 2 saturated carbocycles. The van der Waals surface area contributed by atoms with Crippen LogP contribution in [0.4, 0.5) is 0 Å². The Labute approximate surface area is 183 Å². The second-order valence-corrected chi connectivity index (χ2v) is 11.5. The fraction of sp³-hybridized carbons (Fsp3) is 0.692. The highest BCUT2D eigenvalue weighted by Gasteiger charge is 2.74. The molecular formula is C26H32O5. The first-order valence-corrected chi connectivity index (χ1v) is 11.7. The van der Waals surface area contributed by atoms with Crippen LogP contribution in [0, 0.1) is 28.1 Å². The minimum atomic E-state index is -0.534. The minimum absolute atomic E-state index is 0.0515. The Morgan fingerprint density at radius 3 is 2.61 bits per heavy atom. The Morgan fingerprint density at radius 1 is 1.06 bits per heavy atom. The van der Waals surface area contributed by atoms with Gasteiger partial charge in [-0.1, -0.05) is 18.6 Å². The first kappa shape index (κ1) is 19.8. The number of cyclic esters (lactones) is 1. The maximum Gasteiger partial charge on any atom is 0.308 e. The van der Waals surface area contributed by atoms with Gasteiger partial charge in [0.05, 0.1) is 36.1 Å². The zero-order valence-electron chi connectivity index (χ0n) is 18.9. The van der Waals surface area contributed by atoms with E-state index in [4.69, 9.17) is 13.9 Å². The van der Waals surface area contributed by atoms with E-state index in [1.807, 2.05) is 6.26 Å². The van der Waals surface area contributed by atoms with Crippen LogP contribution in [0.25, 0.3) is 0 Å². The summed E-state index contributed by atoms with van der Waals surface area (Å²) in [7, 11) is 0. The average molecular weight is 425 g/mol. The number of esters is 1. The molecule has 1 aromatic heterocycles. The Balaban J connectivity index is 1.47. The summed E-state index contributed by atoms with van der Waals surface area (Å²) < 4.78 is 17.7. The van der Waals surface area contributed by atoms with Crippen LogP contribution >= 0.6 is 0 Å². The molecule has 0 unspecified atom stereocenters. The lowest BCUT2D eigenvalue weighted by Crippen LogP contribution is -2.65. The highest BCUT2D eigenvalue weighted by Crippen LogP contribution is 2.73. The van der Waals surface area contributed by atoms with Crippen LogP contribution in [0.2, 0.25) is 0 Å². The van der Waals surface area contributed by atoms with Gasteiger partial charge in [-0.05, 0) is 68.9 Å². The molecule has 3 aliphatic carbocycles. The maximum absolute atomic E-state index is 14.0. The van der Waals surface area contributed by atoms with E-state index in [0.29, 0.717) is 31.1 Å². The van der Waals surface area contributed by atoms with Crippen LogP contribution in [0.1, 0.15) is 71.3 Å². The van der Waals surface area contributed by atoms with Crippen molar-refractivity contribution in [1.29, 1.82) is 0 Å².